The molecule has 21 heavy (non-hydrogen) atoms. The van der Waals surface area contributed by atoms with Gasteiger partial charge in [0, 0.05) is 19.0 Å². The summed E-state index contributed by atoms with van der Waals surface area (Å²) in [6.45, 7) is 7.10. The predicted molar refractivity (Wildman–Crippen MR) is 81.6 cm³/mol. The van der Waals surface area contributed by atoms with E-state index in [0.29, 0.717) is 36.8 Å². The molecule has 2 aliphatic carbocycles. The summed E-state index contributed by atoms with van der Waals surface area (Å²) >= 11 is 0. The zero-order valence-electron chi connectivity index (χ0n) is 13.5. The number of hydrogen-bond acceptors (Lipinski definition) is 2. The number of nitrogens with one attached hydrogen (secondary N) is 1. The maximum absolute atomic E-state index is 13.2. The lowest BCUT2D eigenvalue weighted by molar-refractivity contribution is -0.143. The fourth-order valence-electron chi connectivity index (χ4n) is 4.27. The summed E-state index contributed by atoms with van der Waals surface area (Å²) in [5.41, 5.74) is -0.659. The zero-order valence-corrected chi connectivity index (χ0v) is 13.5. The van der Waals surface area contributed by atoms with Crippen LogP contribution in [0.2, 0.25) is 0 Å². The average Bonchev–Trinajstić information content (AvgIpc) is 3.27. The second kappa shape index (κ2) is 5.29. The summed E-state index contributed by atoms with van der Waals surface area (Å²) in [6.07, 6.45) is 6.12. The van der Waals surface area contributed by atoms with Gasteiger partial charge in [-0.2, -0.15) is 0 Å². The highest BCUT2D eigenvalue weighted by atomic mass is 16.2. The molecule has 4 heteroatoms. The molecule has 1 heterocycles. The van der Waals surface area contributed by atoms with E-state index < -0.39 is 5.54 Å². The lowest BCUT2D eigenvalue weighted by Crippen LogP contribution is -2.59. The Morgan fingerprint density at radius 3 is 2.52 bits per heavy atom. The van der Waals surface area contributed by atoms with E-state index in [1.165, 1.54) is 12.8 Å². The Kier molecular flexibility index (Phi) is 3.74. The van der Waals surface area contributed by atoms with Crippen LogP contribution in [0.25, 0.3) is 0 Å². The quantitative estimate of drug-likeness (QED) is 0.849. The van der Waals surface area contributed by atoms with Crippen molar-refractivity contribution in [2.24, 2.45) is 17.8 Å². The molecule has 1 N–H and O–H groups in total. The van der Waals surface area contributed by atoms with Crippen LogP contribution >= 0.6 is 0 Å². The summed E-state index contributed by atoms with van der Waals surface area (Å²) in [5, 5.41) is 3.03. The van der Waals surface area contributed by atoms with Crippen molar-refractivity contribution >= 4 is 11.8 Å². The molecule has 3 rings (SSSR count). The van der Waals surface area contributed by atoms with Gasteiger partial charge in [0.2, 0.25) is 11.8 Å². The zero-order chi connectivity index (χ0) is 15.2. The summed E-state index contributed by atoms with van der Waals surface area (Å²) in [4.78, 5) is 27.3. The van der Waals surface area contributed by atoms with Gasteiger partial charge in [0.05, 0.1) is 0 Å². The van der Waals surface area contributed by atoms with Gasteiger partial charge in [-0.3, -0.25) is 9.59 Å². The van der Waals surface area contributed by atoms with Crippen LogP contribution in [0.1, 0.15) is 59.3 Å². The number of rotatable bonds is 2. The van der Waals surface area contributed by atoms with Crippen molar-refractivity contribution in [3.8, 4) is 0 Å². The Morgan fingerprint density at radius 1 is 1.14 bits per heavy atom. The highest BCUT2D eigenvalue weighted by molar-refractivity contribution is 5.94. The Balaban J connectivity index is 1.86. The maximum atomic E-state index is 13.2. The molecule has 4 unspecified atom stereocenters. The molecule has 1 saturated heterocycles. The minimum atomic E-state index is -0.659. The highest BCUT2D eigenvalue weighted by Gasteiger charge is 2.52. The third kappa shape index (κ3) is 2.58. The topological polar surface area (TPSA) is 49.4 Å². The van der Waals surface area contributed by atoms with Gasteiger partial charge in [0.1, 0.15) is 5.54 Å². The Hall–Kier alpha value is -1.06. The summed E-state index contributed by atoms with van der Waals surface area (Å²) in [6, 6.07) is 0.312. The molecule has 3 aliphatic rings. The number of carbonyl (C=O) groups excluding carboxylic acids is 2. The van der Waals surface area contributed by atoms with Gasteiger partial charge >= 0.3 is 0 Å². The molecule has 4 nitrogen and oxygen atoms in total. The number of nitrogens with zero attached hydrogens (tertiary/aromatic N) is 1. The van der Waals surface area contributed by atoms with E-state index in [9.17, 15) is 9.59 Å². The van der Waals surface area contributed by atoms with Crippen LogP contribution in [0.5, 0.6) is 0 Å². The van der Waals surface area contributed by atoms with Gasteiger partial charge in [0.15, 0.2) is 0 Å². The Bertz CT molecular complexity index is 446. The van der Waals surface area contributed by atoms with E-state index in [0.717, 1.165) is 19.3 Å². The second-order valence-corrected chi connectivity index (χ2v) is 7.61. The van der Waals surface area contributed by atoms with E-state index in [1.54, 1.807) is 0 Å². The normalized spacial score (nSPS) is 41.7. The third-order valence-electron chi connectivity index (χ3n) is 6.14. The SMILES string of the molecule is CC1CCCC(N2CCC(=O)NC(C)(C3CC3)C2=O)C1C. The van der Waals surface area contributed by atoms with Crippen molar-refractivity contribution in [3.63, 3.8) is 0 Å². The Morgan fingerprint density at radius 2 is 1.86 bits per heavy atom. The van der Waals surface area contributed by atoms with E-state index in [-0.39, 0.29) is 11.8 Å². The molecule has 0 aromatic rings. The van der Waals surface area contributed by atoms with Crippen LogP contribution in [0.15, 0.2) is 0 Å². The first-order chi connectivity index (χ1) is 9.93. The van der Waals surface area contributed by atoms with E-state index in [4.69, 9.17) is 0 Å². The summed E-state index contributed by atoms with van der Waals surface area (Å²) < 4.78 is 0. The third-order valence-corrected chi connectivity index (χ3v) is 6.14. The first-order valence-corrected chi connectivity index (χ1v) is 8.55. The Labute approximate surface area is 127 Å². The first kappa shape index (κ1) is 14.9. The van der Waals surface area contributed by atoms with Gasteiger partial charge in [-0.05, 0) is 43.9 Å². The number of hydrogen-bond donors (Lipinski definition) is 1. The highest BCUT2D eigenvalue weighted by Crippen LogP contribution is 2.43. The molecule has 118 valence electrons. The van der Waals surface area contributed by atoms with Gasteiger partial charge in [0.25, 0.3) is 0 Å². The minimum absolute atomic E-state index is 0.0387. The van der Waals surface area contributed by atoms with Crippen molar-refractivity contribution < 1.29 is 9.59 Å². The molecule has 1 aliphatic heterocycles. The second-order valence-electron chi connectivity index (χ2n) is 7.61. The summed E-state index contributed by atoms with van der Waals surface area (Å²) in [5.74, 6) is 1.74. The fourth-order valence-corrected chi connectivity index (χ4v) is 4.27. The first-order valence-electron chi connectivity index (χ1n) is 8.55. The predicted octanol–water partition coefficient (Wildman–Crippen LogP) is 2.33. The van der Waals surface area contributed by atoms with Gasteiger partial charge in [-0.25, -0.2) is 0 Å². The molecule has 0 aromatic carbocycles. The average molecular weight is 292 g/mol. The molecule has 2 amide bonds. The van der Waals surface area contributed by atoms with Crippen LogP contribution in [0, 0.1) is 17.8 Å². The smallest absolute Gasteiger partial charge is 0.248 e. The molecule has 0 aromatic heterocycles. The fraction of sp³-hybridized carbons (Fsp3) is 0.882. The van der Waals surface area contributed by atoms with E-state index >= 15 is 0 Å². The molecular weight excluding hydrogens is 264 g/mol. The maximum Gasteiger partial charge on any atom is 0.248 e. The van der Waals surface area contributed by atoms with Crippen molar-refractivity contribution in [3.05, 3.63) is 0 Å². The largest absolute Gasteiger partial charge is 0.342 e. The van der Waals surface area contributed by atoms with Gasteiger partial charge in [-0.1, -0.05) is 26.7 Å². The standard InChI is InChI=1S/C17H28N2O2/c1-11-5-4-6-14(12(11)2)19-10-9-15(20)18-17(3,16(19)21)13-7-8-13/h11-14H,4-10H2,1-3H3,(H,18,20). The number of amides is 2. The lowest BCUT2D eigenvalue weighted by Gasteiger charge is -2.43. The van der Waals surface area contributed by atoms with Crippen LogP contribution in [-0.4, -0.2) is 34.8 Å². The van der Waals surface area contributed by atoms with E-state index in [1.807, 2.05) is 6.92 Å². The van der Waals surface area contributed by atoms with Crippen molar-refractivity contribution in [2.45, 2.75) is 70.9 Å². The molecule has 0 radical (unpaired) electrons. The molecule has 2 saturated carbocycles. The van der Waals surface area contributed by atoms with Crippen LogP contribution in [0.3, 0.4) is 0 Å². The monoisotopic (exact) mass is 292 g/mol. The minimum Gasteiger partial charge on any atom is -0.342 e. The van der Waals surface area contributed by atoms with Crippen LogP contribution < -0.4 is 5.32 Å². The summed E-state index contributed by atoms with van der Waals surface area (Å²) in [7, 11) is 0. The van der Waals surface area contributed by atoms with Crippen molar-refractivity contribution in [1.29, 1.82) is 0 Å². The van der Waals surface area contributed by atoms with Crippen LogP contribution in [-0.2, 0) is 9.59 Å². The van der Waals surface area contributed by atoms with Crippen molar-refractivity contribution in [2.75, 3.05) is 6.54 Å². The molecule has 3 fully saturated rings. The van der Waals surface area contributed by atoms with Gasteiger partial charge in [-0.15, -0.1) is 0 Å². The molecule has 0 spiro atoms. The lowest BCUT2D eigenvalue weighted by atomic mass is 9.76. The van der Waals surface area contributed by atoms with Crippen molar-refractivity contribution in [1.82, 2.24) is 10.2 Å². The molecular formula is C17H28N2O2. The molecule has 4 atom stereocenters. The van der Waals surface area contributed by atoms with Crippen LogP contribution in [0.4, 0.5) is 0 Å². The van der Waals surface area contributed by atoms with E-state index in [2.05, 4.69) is 24.1 Å². The molecule has 0 bridgehead atoms. The van der Waals surface area contributed by atoms with Gasteiger partial charge < -0.3 is 10.2 Å². The number of carbonyl (C=O) groups is 2.